The van der Waals surface area contributed by atoms with E-state index in [9.17, 15) is 4.79 Å². The number of carbonyl (C=O) groups excluding carboxylic acids is 1. The number of aromatic nitrogens is 1. The van der Waals surface area contributed by atoms with Crippen LogP contribution in [-0.2, 0) is 11.3 Å². The summed E-state index contributed by atoms with van der Waals surface area (Å²) in [6.45, 7) is 5.54. The number of nitrogens with one attached hydrogen (secondary N) is 1. The summed E-state index contributed by atoms with van der Waals surface area (Å²) in [6.07, 6.45) is 2.59. The monoisotopic (exact) mass is 284 g/mol. The van der Waals surface area contributed by atoms with Gasteiger partial charge in [0.1, 0.15) is 0 Å². The molecule has 0 aromatic carbocycles. The fraction of sp³-hybridized carbons (Fsp3) is 0.667. The normalized spacial score (nSPS) is 20.4. The maximum absolute atomic E-state index is 11.3. The first-order valence-corrected chi connectivity index (χ1v) is 7.40. The van der Waals surface area contributed by atoms with Crippen molar-refractivity contribution in [2.45, 2.75) is 32.4 Å². The molecule has 0 spiro atoms. The largest absolute Gasteiger partial charge is 0.377 e. The highest BCUT2D eigenvalue weighted by atomic mass is 32.1. The number of piperidine rings is 1. The number of hydrogen-bond acceptors (Lipinski definition) is 6. The van der Waals surface area contributed by atoms with Crippen LogP contribution >= 0.6 is 11.3 Å². The highest BCUT2D eigenvalue weighted by molar-refractivity contribution is 7.11. The number of likely N-dealkylation sites (tertiary alicyclic amines) is 1. The zero-order valence-corrected chi connectivity index (χ0v) is 11.9. The molecule has 0 aliphatic carbocycles. The Kier molecular flexibility index (Phi) is 5.26. The van der Waals surface area contributed by atoms with E-state index in [1.54, 1.807) is 0 Å². The molecule has 0 radical (unpaired) electrons. The molecule has 1 aromatic rings. The van der Waals surface area contributed by atoms with E-state index in [0.717, 1.165) is 44.8 Å². The van der Waals surface area contributed by atoms with E-state index in [1.165, 1.54) is 11.3 Å². The Morgan fingerprint density at radius 1 is 1.74 bits per heavy atom. The number of amides is 1. The van der Waals surface area contributed by atoms with Crippen molar-refractivity contribution >= 4 is 17.2 Å². The first-order valence-electron chi connectivity index (χ1n) is 6.52. The van der Waals surface area contributed by atoms with E-state index in [0.29, 0.717) is 11.1 Å². The van der Waals surface area contributed by atoms with Gasteiger partial charge in [0.15, 0.2) is 5.01 Å². The van der Waals surface area contributed by atoms with E-state index in [1.807, 2.05) is 12.3 Å². The van der Waals surface area contributed by atoms with Gasteiger partial charge in [-0.05, 0) is 26.3 Å². The average Bonchev–Trinajstić information content (AvgIpc) is 2.87. The fourth-order valence-electron chi connectivity index (χ4n) is 2.30. The summed E-state index contributed by atoms with van der Waals surface area (Å²) in [5.41, 5.74) is 3.01. The lowest BCUT2D eigenvalue weighted by Crippen LogP contribution is -2.39. The minimum Gasteiger partial charge on any atom is -0.377 e. The quantitative estimate of drug-likeness (QED) is 0.474. The van der Waals surface area contributed by atoms with E-state index < -0.39 is 0 Å². The van der Waals surface area contributed by atoms with Crippen molar-refractivity contribution in [1.82, 2.24) is 15.3 Å². The van der Waals surface area contributed by atoms with Gasteiger partial charge in [-0.3, -0.25) is 15.1 Å². The lowest BCUT2D eigenvalue weighted by Gasteiger charge is -2.31. The van der Waals surface area contributed by atoms with Gasteiger partial charge in [-0.25, -0.2) is 10.8 Å². The Labute approximate surface area is 116 Å². The molecular weight excluding hydrogens is 264 g/mol. The SMILES string of the molecule is CCOC1CCCN(Cc2csc(C(=O)NN)n2)C1. The summed E-state index contributed by atoms with van der Waals surface area (Å²) in [4.78, 5) is 17.9. The van der Waals surface area contributed by atoms with Crippen LogP contribution in [-0.4, -0.2) is 41.6 Å². The van der Waals surface area contributed by atoms with E-state index in [2.05, 4.69) is 15.3 Å². The molecule has 1 atom stereocenters. The summed E-state index contributed by atoms with van der Waals surface area (Å²) in [6, 6.07) is 0. The summed E-state index contributed by atoms with van der Waals surface area (Å²) >= 11 is 1.32. The molecule has 0 saturated carbocycles. The standard InChI is InChI=1S/C12H20N4O2S/c1-2-18-10-4-3-5-16(7-10)6-9-8-19-12(14-9)11(17)15-13/h8,10H,2-7,13H2,1H3,(H,15,17). The maximum Gasteiger partial charge on any atom is 0.294 e. The summed E-state index contributed by atoms with van der Waals surface area (Å²) in [5, 5.41) is 2.32. The smallest absolute Gasteiger partial charge is 0.294 e. The van der Waals surface area contributed by atoms with Crippen LogP contribution in [0.4, 0.5) is 0 Å². The van der Waals surface area contributed by atoms with Crippen LogP contribution in [0.2, 0.25) is 0 Å². The number of nitrogens with zero attached hydrogens (tertiary/aromatic N) is 2. The van der Waals surface area contributed by atoms with Crippen molar-refractivity contribution in [2.24, 2.45) is 5.84 Å². The lowest BCUT2D eigenvalue weighted by molar-refractivity contribution is 0.00335. The molecule has 2 rings (SSSR count). The van der Waals surface area contributed by atoms with Crippen LogP contribution in [0.3, 0.4) is 0 Å². The molecular formula is C12H20N4O2S. The van der Waals surface area contributed by atoms with Crippen molar-refractivity contribution in [2.75, 3.05) is 19.7 Å². The maximum atomic E-state index is 11.3. The van der Waals surface area contributed by atoms with Crippen LogP contribution in [0.25, 0.3) is 0 Å². The van der Waals surface area contributed by atoms with E-state index in [-0.39, 0.29) is 5.91 Å². The fourth-order valence-corrected chi connectivity index (χ4v) is 3.01. The summed E-state index contributed by atoms with van der Waals surface area (Å²) < 4.78 is 5.67. The molecule has 1 aliphatic heterocycles. The van der Waals surface area contributed by atoms with Crippen LogP contribution in [0.5, 0.6) is 0 Å². The first-order chi connectivity index (χ1) is 9.22. The number of hydrogen-bond donors (Lipinski definition) is 2. The lowest BCUT2D eigenvalue weighted by atomic mass is 10.1. The minimum absolute atomic E-state index is 0.323. The molecule has 7 heteroatoms. The molecule has 19 heavy (non-hydrogen) atoms. The Hall–Kier alpha value is -1.02. The van der Waals surface area contributed by atoms with Crippen molar-refractivity contribution in [3.63, 3.8) is 0 Å². The van der Waals surface area contributed by atoms with Gasteiger partial charge >= 0.3 is 0 Å². The molecule has 2 heterocycles. The van der Waals surface area contributed by atoms with Crippen LogP contribution in [0, 0.1) is 0 Å². The zero-order chi connectivity index (χ0) is 13.7. The van der Waals surface area contributed by atoms with Gasteiger partial charge in [0, 0.05) is 25.1 Å². The number of rotatable bonds is 5. The predicted molar refractivity (Wildman–Crippen MR) is 73.7 cm³/mol. The highest BCUT2D eigenvalue weighted by Crippen LogP contribution is 2.17. The molecule has 1 amide bonds. The number of nitrogens with two attached hydrogens (primary N) is 1. The zero-order valence-electron chi connectivity index (χ0n) is 11.1. The topological polar surface area (TPSA) is 80.5 Å². The third-order valence-electron chi connectivity index (χ3n) is 3.13. The van der Waals surface area contributed by atoms with E-state index in [4.69, 9.17) is 10.6 Å². The minimum atomic E-state index is -0.331. The van der Waals surface area contributed by atoms with Gasteiger partial charge in [-0.15, -0.1) is 11.3 Å². The van der Waals surface area contributed by atoms with Gasteiger partial charge in [0.2, 0.25) is 0 Å². The molecule has 106 valence electrons. The Bertz CT molecular complexity index is 422. The van der Waals surface area contributed by atoms with Crippen molar-refractivity contribution < 1.29 is 9.53 Å². The third-order valence-corrected chi connectivity index (χ3v) is 4.02. The Morgan fingerprint density at radius 2 is 2.58 bits per heavy atom. The van der Waals surface area contributed by atoms with Gasteiger partial charge in [0.05, 0.1) is 11.8 Å². The number of ether oxygens (including phenoxy) is 1. The van der Waals surface area contributed by atoms with Crippen LogP contribution in [0.15, 0.2) is 5.38 Å². The molecule has 1 aliphatic rings. The number of hydrazine groups is 1. The molecule has 1 aromatic heterocycles. The van der Waals surface area contributed by atoms with Crippen molar-refractivity contribution in [3.8, 4) is 0 Å². The average molecular weight is 284 g/mol. The molecule has 1 saturated heterocycles. The van der Waals surface area contributed by atoms with Gasteiger partial charge in [0.25, 0.3) is 5.91 Å². The van der Waals surface area contributed by atoms with Gasteiger partial charge in [-0.1, -0.05) is 0 Å². The van der Waals surface area contributed by atoms with Gasteiger partial charge < -0.3 is 4.74 Å². The number of nitrogen functional groups attached to an aromatic ring is 1. The van der Waals surface area contributed by atoms with Crippen LogP contribution in [0.1, 0.15) is 35.3 Å². The summed E-state index contributed by atoms with van der Waals surface area (Å²) in [5.74, 6) is 4.76. The Morgan fingerprint density at radius 3 is 3.32 bits per heavy atom. The third kappa shape index (κ3) is 3.97. The number of carbonyl (C=O) groups is 1. The molecule has 1 unspecified atom stereocenters. The molecule has 0 bridgehead atoms. The second kappa shape index (κ2) is 6.95. The molecule has 6 nitrogen and oxygen atoms in total. The summed E-state index contributed by atoms with van der Waals surface area (Å²) in [7, 11) is 0. The molecule has 3 N–H and O–H groups in total. The van der Waals surface area contributed by atoms with Gasteiger partial charge in [-0.2, -0.15) is 0 Å². The number of thiazole rings is 1. The second-order valence-electron chi connectivity index (χ2n) is 4.57. The highest BCUT2D eigenvalue weighted by Gasteiger charge is 2.21. The van der Waals surface area contributed by atoms with Crippen molar-refractivity contribution in [3.05, 3.63) is 16.1 Å². The predicted octanol–water partition coefficient (Wildman–Crippen LogP) is 0.748. The first kappa shape index (κ1) is 14.4. The van der Waals surface area contributed by atoms with Crippen LogP contribution < -0.4 is 11.3 Å². The molecule has 1 fully saturated rings. The second-order valence-corrected chi connectivity index (χ2v) is 5.43. The van der Waals surface area contributed by atoms with Crippen molar-refractivity contribution in [1.29, 1.82) is 0 Å². The van der Waals surface area contributed by atoms with E-state index >= 15 is 0 Å². The Balaban J connectivity index is 1.89.